The molecule has 1 N–H and O–H groups in total. The highest BCUT2D eigenvalue weighted by Gasteiger charge is 2.27. The monoisotopic (exact) mass is 261 g/mol. The van der Waals surface area contributed by atoms with Crippen molar-refractivity contribution >= 4 is 22.9 Å². The van der Waals surface area contributed by atoms with Gasteiger partial charge in [-0.15, -0.1) is 0 Å². The van der Waals surface area contributed by atoms with Crippen LogP contribution >= 0.6 is 0 Å². The lowest BCUT2D eigenvalue weighted by atomic mass is 10.2. The molecule has 2 heterocycles. The molecule has 1 aliphatic rings. The lowest BCUT2D eigenvalue weighted by Gasteiger charge is -2.05. The maximum absolute atomic E-state index is 12.0. The summed E-state index contributed by atoms with van der Waals surface area (Å²) < 4.78 is 10.6. The molecule has 0 unspecified atom stereocenters. The van der Waals surface area contributed by atoms with Gasteiger partial charge in [-0.2, -0.15) is 0 Å². The van der Waals surface area contributed by atoms with Crippen LogP contribution in [0, 0.1) is 6.92 Å². The Morgan fingerprint density at radius 1 is 1.53 bits per heavy atom. The van der Waals surface area contributed by atoms with Gasteiger partial charge in [0.2, 0.25) is 5.71 Å². The van der Waals surface area contributed by atoms with E-state index in [4.69, 9.17) is 9.15 Å². The Labute approximate surface area is 110 Å². The van der Waals surface area contributed by atoms with Crippen LogP contribution in [0.2, 0.25) is 0 Å². The van der Waals surface area contributed by atoms with E-state index >= 15 is 0 Å². The SMILES string of the molecule is CCOC(=O)c1c(C)oc2ncnc(NC3CC3)c12. The number of nitrogens with zero attached hydrogens (tertiary/aromatic N) is 2. The molecule has 0 saturated heterocycles. The van der Waals surface area contributed by atoms with Gasteiger partial charge in [0.1, 0.15) is 23.5 Å². The van der Waals surface area contributed by atoms with Crippen LogP contribution in [0.25, 0.3) is 11.1 Å². The summed E-state index contributed by atoms with van der Waals surface area (Å²) in [6, 6.07) is 0.434. The van der Waals surface area contributed by atoms with E-state index < -0.39 is 5.97 Å². The summed E-state index contributed by atoms with van der Waals surface area (Å²) >= 11 is 0. The Morgan fingerprint density at radius 2 is 2.32 bits per heavy atom. The highest BCUT2D eigenvalue weighted by atomic mass is 16.5. The first-order valence-corrected chi connectivity index (χ1v) is 6.38. The zero-order chi connectivity index (χ0) is 13.4. The summed E-state index contributed by atoms with van der Waals surface area (Å²) in [6.07, 6.45) is 3.68. The van der Waals surface area contributed by atoms with Gasteiger partial charge in [-0.25, -0.2) is 14.8 Å². The molecule has 19 heavy (non-hydrogen) atoms. The molecule has 0 bridgehead atoms. The van der Waals surface area contributed by atoms with Crippen molar-refractivity contribution in [2.75, 3.05) is 11.9 Å². The number of carbonyl (C=O) groups excluding carboxylic acids is 1. The van der Waals surface area contributed by atoms with Crippen LogP contribution in [0.4, 0.5) is 5.82 Å². The van der Waals surface area contributed by atoms with E-state index in [0.717, 1.165) is 12.8 Å². The summed E-state index contributed by atoms with van der Waals surface area (Å²) in [6.45, 7) is 3.83. The van der Waals surface area contributed by atoms with E-state index in [1.807, 2.05) is 0 Å². The maximum atomic E-state index is 12.0. The molecule has 0 amide bonds. The third kappa shape index (κ3) is 2.14. The van der Waals surface area contributed by atoms with E-state index in [0.29, 0.717) is 40.9 Å². The third-order valence-electron chi connectivity index (χ3n) is 3.06. The summed E-state index contributed by atoms with van der Waals surface area (Å²) in [4.78, 5) is 20.3. The van der Waals surface area contributed by atoms with Gasteiger partial charge < -0.3 is 14.5 Å². The van der Waals surface area contributed by atoms with Crippen LogP contribution in [0.5, 0.6) is 0 Å². The molecule has 6 nitrogen and oxygen atoms in total. The number of anilines is 1. The number of hydrogen-bond donors (Lipinski definition) is 1. The van der Waals surface area contributed by atoms with Crippen LogP contribution in [0.3, 0.4) is 0 Å². The fourth-order valence-corrected chi connectivity index (χ4v) is 2.02. The maximum Gasteiger partial charge on any atom is 0.342 e. The second kappa shape index (κ2) is 4.53. The largest absolute Gasteiger partial charge is 0.462 e. The van der Waals surface area contributed by atoms with Gasteiger partial charge in [0.15, 0.2) is 0 Å². The number of fused-ring (bicyclic) bond motifs is 1. The van der Waals surface area contributed by atoms with Crippen LogP contribution < -0.4 is 5.32 Å². The molecule has 0 spiro atoms. The Bertz CT molecular complexity index is 631. The molecule has 100 valence electrons. The van der Waals surface area contributed by atoms with Crippen molar-refractivity contribution in [3.05, 3.63) is 17.7 Å². The number of furan rings is 1. The Kier molecular flexibility index (Phi) is 2.85. The second-order valence-electron chi connectivity index (χ2n) is 4.57. The number of nitrogens with one attached hydrogen (secondary N) is 1. The standard InChI is InChI=1S/C13H15N3O3/c1-3-18-13(17)9-7(2)19-12-10(9)11(14-6-15-12)16-8-4-5-8/h6,8H,3-5H2,1-2H3,(H,14,15,16). The van der Waals surface area contributed by atoms with Crippen molar-refractivity contribution in [2.45, 2.75) is 32.7 Å². The molecular weight excluding hydrogens is 246 g/mol. The molecule has 1 aliphatic carbocycles. The van der Waals surface area contributed by atoms with Crippen LogP contribution in [-0.4, -0.2) is 28.6 Å². The number of aromatic nitrogens is 2. The van der Waals surface area contributed by atoms with Gasteiger partial charge in [0.05, 0.1) is 12.0 Å². The van der Waals surface area contributed by atoms with Gasteiger partial charge in [-0.3, -0.25) is 0 Å². The Morgan fingerprint density at radius 3 is 3.00 bits per heavy atom. The first kappa shape index (κ1) is 12.0. The number of hydrogen-bond acceptors (Lipinski definition) is 6. The second-order valence-corrected chi connectivity index (χ2v) is 4.57. The minimum absolute atomic E-state index is 0.323. The van der Waals surface area contributed by atoms with Crippen LogP contribution in [0.15, 0.2) is 10.7 Å². The highest BCUT2D eigenvalue weighted by Crippen LogP contribution is 2.32. The Hall–Kier alpha value is -2.11. The number of esters is 1. The van der Waals surface area contributed by atoms with Crippen LogP contribution in [-0.2, 0) is 4.74 Å². The predicted octanol–water partition coefficient (Wildman–Crippen LogP) is 2.28. The molecule has 3 rings (SSSR count). The van der Waals surface area contributed by atoms with Crippen molar-refractivity contribution in [1.82, 2.24) is 9.97 Å². The third-order valence-corrected chi connectivity index (χ3v) is 3.06. The van der Waals surface area contributed by atoms with E-state index in [2.05, 4.69) is 15.3 Å². The molecular formula is C13H15N3O3. The lowest BCUT2D eigenvalue weighted by molar-refractivity contribution is 0.0526. The average Bonchev–Trinajstić information content (AvgIpc) is 3.10. The van der Waals surface area contributed by atoms with Crippen LogP contribution in [0.1, 0.15) is 35.9 Å². The molecule has 0 aromatic carbocycles. The van der Waals surface area contributed by atoms with Crippen molar-refractivity contribution in [1.29, 1.82) is 0 Å². The highest BCUT2D eigenvalue weighted by molar-refractivity contribution is 6.07. The first-order valence-electron chi connectivity index (χ1n) is 6.38. The zero-order valence-electron chi connectivity index (χ0n) is 10.9. The fourth-order valence-electron chi connectivity index (χ4n) is 2.02. The minimum atomic E-state index is -0.396. The molecule has 1 fully saturated rings. The number of rotatable bonds is 4. The summed E-state index contributed by atoms with van der Waals surface area (Å²) in [5.41, 5.74) is 0.833. The van der Waals surface area contributed by atoms with E-state index in [1.165, 1.54) is 6.33 Å². The van der Waals surface area contributed by atoms with Crippen molar-refractivity contribution in [3.8, 4) is 0 Å². The molecule has 0 radical (unpaired) electrons. The van der Waals surface area contributed by atoms with Gasteiger partial charge in [0.25, 0.3) is 0 Å². The number of aryl methyl sites for hydroxylation is 1. The van der Waals surface area contributed by atoms with Crippen molar-refractivity contribution in [2.24, 2.45) is 0 Å². The van der Waals surface area contributed by atoms with Gasteiger partial charge in [-0.05, 0) is 26.7 Å². The quantitative estimate of drug-likeness (QED) is 0.851. The zero-order valence-corrected chi connectivity index (χ0v) is 10.9. The molecule has 6 heteroatoms. The number of ether oxygens (including phenoxy) is 1. The molecule has 2 aromatic heterocycles. The molecule has 2 aromatic rings. The predicted molar refractivity (Wildman–Crippen MR) is 69.1 cm³/mol. The summed E-state index contributed by atoms with van der Waals surface area (Å²) in [7, 11) is 0. The van der Waals surface area contributed by atoms with Crippen molar-refractivity contribution in [3.63, 3.8) is 0 Å². The molecule has 0 aliphatic heterocycles. The van der Waals surface area contributed by atoms with Gasteiger partial charge in [-0.1, -0.05) is 0 Å². The lowest BCUT2D eigenvalue weighted by Crippen LogP contribution is -2.08. The van der Waals surface area contributed by atoms with Gasteiger partial charge >= 0.3 is 5.97 Å². The number of carbonyl (C=O) groups is 1. The molecule has 0 atom stereocenters. The minimum Gasteiger partial charge on any atom is -0.462 e. The van der Waals surface area contributed by atoms with E-state index in [9.17, 15) is 4.79 Å². The summed E-state index contributed by atoms with van der Waals surface area (Å²) in [5.74, 6) is 0.757. The molecule has 1 saturated carbocycles. The summed E-state index contributed by atoms with van der Waals surface area (Å²) in [5, 5.41) is 3.91. The normalized spacial score (nSPS) is 14.6. The average molecular weight is 261 g/mol. The topological polar surface area (TPSA) is 77.2 Å². The van der Waals surface area contributed by atoms with Crippen molar-refractivity contribution < 1.29 is 13.9 Å². The van der Waals surface area contributed by atoms with E-state index in [-0.39, 0.29) is 0 Å². The van der Waals surface area contributed by atoms with E-state index in [1.54, 1.807) is 13.8 Å². The fraction of sp³-hybridized carbons (Fsp3) is 0.462. The Balaban J connectivity index is 2.12. The smallest absolute Gasteiger partial charge is 0.342 e. The van der Waals surface area contributed by atoms with Gasteiger partial charge in [0, 0.05) is 6.04 Å². The first-order chi connectivity index (χ1) is 9.20.